The van der Waals surface area contributed by atoms with Crippen LogP contribution in [0.3, 0.4) is 0 Å². The zero-order valence-electron chi connectivity index (χ0n) is 7.94. The molecule has 1 heterocycles. The van der Waals surface area contributed by atoms with E-state index in [4.69, 9.17) is 5.73 Å². The molecule has 1 aromatic carbocycles. The molecule has 2 N–H and O–H groups in total. The number of hydrogen-bond acceptors (Lipinski definition) is 3. The third-order valence-corrected chi connectivity index (χ3v) is 2.02. The number of nitrogens with zero attached hydrogens (tertiary/aromatic N) is 3. The van der Waals surface area contributed by atoms with Crippen LogP contribution in [0.2, 0.25) is 0 Å². The molecule has 2 aromatic rings. The minimum atomic E-state index is -4.44. The molecule has 0 spiro atoms. The van der Waals surface area contributed by atoms with Crippen molar-refractivity contribution in [2.75, 3.05) is 5.73 Å². The summed E-state index contributed by atoms with van der Waals surface area (Å²) in [5.74, 6) is 0. The quantitative estimate of drug-likeness (QED) is 0.758. The molecule has 1 aromatic heterocycles. The van der Waals surface area contributed by atoms with E-state index >= 15 is 0 Å². The first-order valence-corrected chi connectivity index (χ1v) is 4.30. The fourth-order valence-electron chi connectivity index (χ4n) is 1.29. The zero-order chi connectivity index (χ0) is 11.8. The topological polar surface area (TPSA) is 56.7 Å². The number of hydrogen-bond donors (Lipinski definition) is 1. The van der Waals surface area contributed by atoms with E-state index in [1.54, 1.807) is 0 Å². The second-order valence-electron chi connectivity index (χ2n) is 3.11. The van der Waals surface area contributed by atoms with Gasteiger partial charge in [0.15, 0.2) is 0 Å². The van der Waals surface area contributed by atoms with E-state index in [1.165, 1.54) is 29.5 Å². The van der Waals surface area contributed by atoms with Crippen molar-refractivity contribution in [2.24, 2.45) is 0 Å². The van der Waals surface area contributed by atoms with Crippen LogP contribution >= 0.6 is 0 Å². The molecule has 0 aliphatic carbocycles. The number of rotatable bonds is 1. The van der Waals surface area contributed by atoms with E-state index < -0.39 is 11.7 Å². The smallest absolute Gasteiger partial charge is 0.398 e. The van der Waals surface area contributed by atoms with Gasteiger partial charge in [-0.1, -0.05) is 0 Å². The number of anilines is 1. The lowest BCUT2D eigenvalue weighted by molar-refractivity contribution is -0.136. The second-order valence-corrected chi connectivity index (χ2v) is 3.11. The molecule has 0 fully saturated rings. The molecule has 0 saturated heterocycles. The van der Waals surface area contributed by atoms with Gasteiger partial charge in [0, 0.05) is 5.69 Å². The number of nitrogen functional groups attached to an aromatic ring is 1. The van der Waals surface area contributed by atoms with E-state index in [-0.39, 0.29) is 5.69 Å². The van der Waals surface area contributed by atoms with Gasteiger partial charge in [0.1, 0.15) is 12.7 Å². The molecule has 0 aliphatic rings. The van der Waals surface area contributed by atoms with E-state index in [9.17, 15) is 13.2 Å². The van der Waals surface area contributed by atoms with Crippen molar-refractivity contribution in [3.05, 3.63) is 36.4 Å². The summed E-state index contributed by atoms with van der Waals surface area (Å²) in [4.78, 5) is 3.69. The van der Waals surface area contributed by atoms with Crippen molar-refractivity contribution in [2.45, 2.75) is 6.18 Å². The van der Waals surface area contributed by atoms with Crippen LogP contribution in [0.15, 0.2) is 30.9 Å². The average molecular weight is 228 g/mol. The van der Waals surface area contributed by atoms with Gasteiger partial charge in [-0.2, -0.15) is 18.3 Å². The highest BCUT2D eigenvalue weighted by molar-refractivity contribution is 5.54. The summed E-state index contributed by atoms with van der Waals surface area (Å²) in [7, 11) is 0. The lowest BCUT2D eigenvalue weighted by Crippen LogP contribution is -2.09. The Bertz CT molecular complexity index is 490. The molecular formula is C9H7F3N4. The van der Waals surface area contributed by atoms with Crippen molar-refractivity contribution in [1.29, 1.82) is 0 Å². The Morgan fingerprint density at radius 1 is 1.25 bits per heavy atom. The highest BCUT2D eigenvalue weighted by atomic mass is 19.4. The summed E-state index contributed by atoms with van der Waals surface area (Å²) in [6.07, 6.45) is -1.78. The van der Waals surface area contributed by atoms with Crippen LogP contribution in [0.4, 0.5) is 18.9 Å². The molecule has 84 valence electrons. The maximum absolute atomic E-state index is 12.4. The second kappa shape index (κ2) is 3.51. The number of benzene rings is 1. The fourth-order valence-corrected chi connectivity index (χ4v) is 1.29. The highest BCUT2D eigenvalue weighted by Gasteiger charge is 2.32. The number of aromatic nitrogens is 3. The van der Waals surface area contributed by atoms with Gasteiger partial charge in [0.05, 0.1) is 11.3 Å². The minimum absolute atomic E-state index is 0.333. The summed E-state index contributed by atoms with van der Waals surface area (Å²) in [5, 5.41) is 3.79. The normalized spacial score (nSPS) is 11.7. The van der Waals surface area contributed by atoms with Crippen molar-refractivity contribution in [3.8, 4) is 5.69 Å². The molecule has 0 bridgehead atoms. The zero-order valence-corrected chi connectivity index (χ0v) is 7.94. The van der Waals surface area contributed by atoms with E-state index in [1.807, 2.05) is 0 Å². The minimum Gasteiger partial charge on any atom is -0.398 e. The summed E-state index contributed by atoms with van der Waals surface area (Å²) in [6, 6.07) is 3.41. The number of alkyl halides is 3. The molecule has 4 nitrogen and oxygen atoms in total. The summed E-state index contributed by atoms with van der Waals surface area (Å²) >= 11 is 0. The average Bonchev–Trinajstić information content (AvgIpc) is 2.68. The monoisotopic (exact) mass is 228 g/mol. The van der Waals surface area contributed by atoms with Crippen molar-refractivity contribution in [1.82, 2.24) is 14.8 Å². The van der Waals surface area contributed by atoms with Gasteiger partial charge in [-0.3, -0.25) is 0 Å². The van der Waals surface area contributed by atoms with Crippen LogP contribution in [-0.4, -0.2) is 14.8 Å². The van der Waals surface area contributed by atoms with Gasteiger partial charge in [-0.25, -0.2) is 9.67 Å². The Labute approximate surface area is 88.5 Å². The summed E-state index contributed by atoms with van der Waals surface area (Å²) < 4.78 is 38.6. The molecule has 0 radical (unpaired) electrons. The third kappa shape index (κ3) is 1.83. The van der Waals surface area contributed by atoms with Crippen molar-refractivity contribution >= 4 is 5.69 Å². The van der Waals surface area contributed by atoms with Crippen LogP contribution in [0.25, 0.3) is 5.69 Å². The molecular weight excluding hydrogens is 221 g/mol. The van der Waals surface area contributed by atoms with Gasteiger partial charge in [0.25, 0.3) is 0 Å². The standard InChI is InChI=1S/C9H7F3N4/c10-9(11,12)7-2-1-6(3-8(7)13)16-5-14-4-15-16/h1-5H,13H2. The highest BCUT2D eigenvalue weighted by Crippen LogP contribution is 2.34. The van der Waals surface area contributed by atoms with Crippen LogP contribution in [0.5, 0.6) is 0 Å². The van der Waals surface area contributed by atoms with Gasteiger partial charge in [-0.15, -0.1) is 0 Å². The first kappa shape index (κ1) is 10.5. The lowest BCUT2D eigenvalue weighted by Gasteiger charge is -2.10. The Hall–Kier alpha value is -2.05. The predicted molar refractivity (Wildman–Crippen MR) is 50.8 cm³/mol. The van der Waals surface area contributed by atoms with E-state index in [0.717, 1.165) is 6.07 Å². The maximum atomic E-state index is 12.4. The van der Waals surface area contributed by atoms with Crippen LogP contribution in [-0.2, 0) is 6.18 Å². The summed E-state index contributed by atoms with van der Waals surface area (Å²) in [6.45, 7) is 0. The molecule has 0 saturated carbocycles. The lowest BCUT2D eigenvalue weighted by atomic mass is 10.1. The van der Waals surface area contributed by atoms with Crippen molar-refractivity contribution < 1.29 is 13.2 Å². The number of halogens is 3. The molecule has 0 unspecified atom stereocenters. The molecule has 0 amide bonds. The van der Waals surface area contributed by atoms with Gasteiger partial charge < -0.3 is 5.73 Å². The third-order valence-electron chi connectivity index (χ3n) is 2.02. The van der Waals surface area contributed by atoms with Crippen LogP contribution in [0, 0.1) is 0 Å². The summed E-state index contributed by atoms with van der Waals surface area (Å²) in [5.41, 5.74) is 4.58. The molecule has 0 aliphatic heterocycles. The molecule has 2 rings (SSSR count). The predicted octanol–water partition coefficient (Wildman–Crippen LogP) is 1.87. The molecule has 16 heavy (non-hydrogen) atoms. The Morgan fingerprint density at radius 2 is 2.00 bits per heavy atom. The Morgan fingerprint density at radius 3 is 2.50 bits per heavy atom. The first-order chi connectivity index (χ1) is 7.48. The first-order valence-electron chi connectivity index (χ1n) is 4.30. The van der Waals surface area contributed by atoms with E-state index in [2.05, 4.69) is 10.1 Å². The molecule has 7 heteroatoms. The maximum Gasteiger partial charge on any atom is 0.418 e. The van der Waals surface area contributed by atoms with Crippen LogP contribution in [0.1, 0.15) is 5.56 Å². The Kier molecular flexibility index (Phi) is 2.30. The van der Waals surface area contributed by atoms with Crippen molar-refractivity contribution in [3.63, 3.8) is 0 Å². The van der Waals surface area contributed by atoms with Gasteiger partial charge in [-0.05, 0) is 18.2 Å². The Balaban J connectivity index is 2.45. The largest absolute Gasteiger partial charge is 0.418 e. The molecule has 0 atom stereocenters. The van der Waals surface area contributed by atoms with Gasteiger partial charge in [0.2, 0.25) is 0 Å². The number of nitrogens with two attached hydrogens (primary N) is 1. The SMILES string of the molecule is Nc1cc(-n2cncn2)ccc1C(F)(F)F. The van der Waals surface area contributed by atoms with Crippen LogP contribution < -0.4 is 5.73 Å². The van der Waals surface area contributed by atoms with E-state index in [0.29, 0.717) is 5.69 Å². The van der Waals surface area contributed by atoms with Gasteiger partial charge >= 0.3 is 6.18 Å². The fraction of sp³-hybridized carbons (Fsp3) is 0.111.